The SMILES string of the molecule is CCNC(Cc1ccoc1)C1CC1(C)C. The lowest BCUT2D eigenvalue weighted by Crippen LogP contribution is -2.34. The fraction of sp³-hybridized carbons (Fsp3) is 0.692. The monoisotopic (exact) mass is 207 g/mol. The molecule has 2 unspecified atom stereocenters. The van der Waals surface area contributed by atoms with E-state index in [1.54, 1.807) is 6.26 Å². The van der Waals surface area contributed by atoms with E-state index in [0.29, 0.717) is 11.5 Å². The van der Waals surface area contributed by atoms with Gasteiger partial charge in [-0.2, -0.15) is 0 Å². The molecule has 1 aliphatic carbocycles. The average Bonchev–Trinajstić information content (AvgIpc) is 2.65. The molecule has 1 aromatic heterocycles. The molecule has 1 aromatic rings. The first-order valence-corrected chi connectivity index (χ1v) is 5.88. The fourth-order valence-corrected chi connectivity index (χ4v) is 2.48. The highest BCUT2D eigenvalue weighted by atomic mass is 16.3. The molecule has 0 aliphatic heterocycles. The summed E-state index contributed by atoms with van der Waals surface area (Å²) in [5.74, 6) is 0.826. The zero-order valence-electron chi connectivity index (χ0n) is 9.92. The van der Waals surface area contributed by atoms with Crippen molar-refractivity contribution in [1.82, 2.24) is 5.32 Å². The first-order valence-electron chi connectivity index (χ1n) is 5.88. The number of likely N-dealkylation sites (N-methyl/N-ethyl adjacent to an activating group) is 1. The van der Waals surface area contributed by atoms with Gasteiger partial charge in [0.1, 0.15) is 0 Å². The van der Waals surface area contributed by atoms with Gasteiger partial charge in [0.15, 0.2) is 0 Å². The molecule has 2 nitrogen and oxygen atoms in total. The molecular formula is C13H21NO. The summed E-state index contributed by atoms with van der Waals surface area (Å²) in [7, 11) is 0. The van der Waals surface area contributed by atoms with Crippen LogP contribution in [0.5, 0.6) is 0 Å². The van der Waals surface area contributed by atoms with Crippen molar-refractivity contribution in [2.24, 2.45) is 11.3 Å². The van der Waals surface area contributed by atoms with Crippen molar-refractivity contribution in [3.05, 3.63) is 24.2 Å². The van der Waals surface area contributed by atoms with Crippen molar-refractivity contribution in [2.45, 2.75) is 39.7 Å². The lowest BCUT2D eigenvalue weighted by molar-refractivity contribution is 0.408. The Labute approximate surface area is 92.1 Å². The molecule has 0 aromatic carbocycles. The summed E-state index contributed by atoms with van der Waals surface area (Å²) in [5.41, 5.74) is 1.85. The molecule has 0 amide bonds. The van der Waals surface area contributed by atoms with Gasteiger partial charge in [-0.15, -0.1) is 0 Å². The van der Waals surface area contributed by atoms with Crippen LogP contribution < -0.4 is 5.32 Å². The number of hydrogen-bond donors (Lipinski definition) is 1. The summed E-state index contributed by atoms with van der Waals surface area (Å²) in [5, 5.41) is 3.60. The summed E-state index contributed by atoms with van der Waals surface area (Å²) >= 11 is 0. The van der Waals surface area contributed by atoms with Crippen molar-refractivity contribution in [1.29, 1.82) is 0 Å². The topological polar surface area (TPSA) is 25.2 Å². The van der Waals surface area contributed by atoms with Gasteiger partial charge in [0.05, 0.1) is 12.5 Å². The Morgan fingerprint density at radius 2 is 2.33 bits per heavy atom. The summed E-state index contributed by atoms with van der Waals surface area (Å²) in [6.07, 6.45) is 6.07. The Morgan fingerprint density at radius 1 is 1.60 bits per heavy atom. The predicted octanol–water partition coefficient (Wildman–Crippen LogP) is 2.85. The van der Waals surface area contributed by atoms with E-state index in [4.69, 9.17) is 4.42 Å². The first kappa shape index (κ1) is 10.7. The third kappa shape index (κ3) is 2.43. The second-order valence-electron chi connectivity index (χ2n) is 5.30. The van der Waals surface area contributed by atoms with E-state index >= 15 is 0 Å². The standard InChI is InChI=1S/C13H21NO/c1-4-14-12(11-8-13(11,2)3)7-10-5-6-15-9-10/h5-6,9,11-12,14H,4,7-8H2,1-3H3. The van der Waals surface area contributed by atoms with E-state index < -0.39 is 0 Å². The third-order valence-electron chi connectivity index (χ3n) is 3.58. The Balaban J connectivity index is 1.96. The highest BCUT2D eigenvalue weighted by molar-refractivity contribution is 5.12. The van der Waals surface area contributed by atoms with Crippen molar-refractivity contribution in [2.75, 3.05) is 6.54 Å². The van der Waals surface area contributed by atoms with Gasteiger partial charge in [-0.1, -0.05) is 20.8 Å². The van der Waals surface area contributed by atoms with E-state index in [1.807, 2.05) is 6.26 Å². The van der Waals surface area contributed by atoms with Gasteiger partial charge >= 0.3 is 0 Å². The third-order valence-corrected chi connectivity index (χ3v) is 3.58. The van der Waals surface area contributed by atoms with Crippen LogP contribution in [-0.2, 0) is 6.42 Å². The van der Waals surface area contributed by atoms with Crippen LogP contribution in [0.15, 0.2) is 23.0 Å². The van der Waals surface area contributed by atoms with Crippen molar-refractivity contribution in [3.8, 4) is 0 Å². The molecule has 1 saturated carbocycles. The molecule has 1 heterocycles. The zero-order valence-corrected chi connectivity index (χ0v) is 9.92. The van der Waals surface area contributed by atoms with Gasteiger partial charge in [-0.25, -0.2) is 0 Å². The molecule has 1 aliphatic rings. The molecule has 1 fully saturated rings. The maximum atomic E-state index is 5.12. The summed E-state index contributed by atoms with van der Waals surface area (Å²) in [6, 6.07) is 2.68. The number of nitrogens with one attached hydrogen (secondary N) is 1. The second-order valence-corrected chi connectivity index (χ2v) is 5.30. The number of rotatable bonds is 5. The van der Waals surface area contributed by atoms with E-state index in [-0.39, 0.29) is 0 Å². The number of furan rings is 1. The molecule has 0 bridgehead atoms. The molecule has 0 radical (unpaired) electrons. The molecule has 2 heteroatoms. The van der Waals surface area contributed by atoms with Crippen LogP contribution in [0, 0.1) is 11.3 Å². The van der Waals surface area contributed by atoms with E-state index in [1.165, 1.54) is 12.0 Å². The van der Waals surface area contributed by atoms with E-state index in [0.717, 1.165) is 18.9 Å². The van der Waals surface area contributed by atoms with Gasteiger partial charge in [0.2, 0.25) is 0 Å². The quantitative estimate of drug-likeness (QED) is 0.803. The van der Waals surface area contributed by atoms with E-state index in [2.05, 4.69) is 32.2 Å². The van der Waals surface area contributed by atoms with Crippen LogP contribution in [0.25, 0.3) is 0 Å². The minimum atomic E-state index is 0.538. The molecular weight excluding hydrogens is 186 g/mol. The molecule has 2 atom stereocenters. The van der Waals surface area contributed by atoms with Gasteiger partial charge in [-0.05, 0) is 42.3 Å². The molecule has 1 N–H and O–H groups in total. The Morgan fingerprint density at radius 3 is 2.80 bits per heavy atom. The largest absolute Gasteiger partial charge is 0.472 e. The Hall–Kier alpha value is -0.760. The fourth-order valence-electron chi connectivity index (χ4n) is 2.48. The van der Waals surface area contributed by atoms with Crippen LogP contribution in [0.4, 0.5) is 0 Å². The van der Waals surface area contributed by atoms with E-state index in [9.17, 15) is 0 Å². The van der Waals surface area contributed by atoms with Crippen LogP contribution in [0.2, 0.25) is 0 Å². The van der Waals surface area contributed by atoms with Gasteiger partial charge in [-0.3, -0.25) is 0 Å². The zero-order chi connectivity index (χ0) is 10.9. The van der Waals surface area contributed by atoms with Crippen molar-refractivity contribution >= 4 is 0 Å². The molecule has 15 heavy (non-hydrogen) atoms. The minimum Gasteiger partial charge on any atom is -0.472 e. The van der Waals surface area contributed by atoms with Crippen LogP contribution in [-0.4, -0.2) is 12.6 Å². The van der Waals surface area contributed by atoms with Crippen LogP contribution in [0.3, 0.4) is 0 Å². The summed E-state index contributed by atoms with van der Waals surface area (Å²) in [4.78, 5) is 0. The minimum absolute atomic E-state index is 0.538. The van der Waals surface area contributed by atoms with Gasteiger partial charge < -0.3 is 9.73 Å². The molecule has 84 valence electrons. The van der Waals surface area contributed by atoms with Crippen LogP contribution >= 0.6 is 0 Å². The lowest BCUT2D eigenvalue weighted by atomic mass is 9.98. The second kappa shape index (κ2) is 4.01. The summed E-state index contributed by atoms with van der Waals surface area (Å²) in [6.45, 7) is 7.95. The maximum Gasteiger partial charge on any atom is 0.0935 e. The average molecular weight is 207 g/mol. The number of hydrogen-bond acceptors (Lipinski definition) is 2. The smallest absolute Gasteiger partial charge is 0.0935 e. The Kier molecular flexibility index (Phi) is 2.87. The van der Waals surface area contributed by atoms with Crippen molar-refractivity contribution in [3.63, 3.8) is 0 Å². The molecule has 2 rings (SSSR count). The van der Waals surface area contributed by atoms with Gasteiger partial charge in [0, 0.05) is 6.04 Å². The lowest BCUT2D eigenvalue weighted by Gasteiger charge is -2.18. The Bertz CT molecular complexity index is 302. The molecule has 0 spiro atoms. The normalized spacial score (nSPS) is 25.1. The van der Waals surface area contributed by atoms with Crippen LogP contribution in [0.1, 0.15) is 32.8 Å². The highest BCUT2D eigenvalue weighted by Crippen LogP contribution is 2.54. The predicted molar refractivity (Wildman–Crippen MR) is 61.8 cm³/mol. The summed E-state index contributed by atoms with van der Waals surface area (Å²) < 4.78 is 5.12. The molecule has 0 saturated heterocycles. The van der Waals surface area contributed by atoms with Crippen molar-refractivity contribution < 1.29 is 4.42 Å². The van der Waals surface area contributed by atoms with Gasteiger partial charge in [0.25, 0.3) is 0 Å². The highest BCUT2D eigenvalue weighted by Gasteiger charge is 2.49. The maximum absolute atomic E-state index is 5.12. The first-order chi connectivity index (χ1) is 7.13.